The van der Waals surface area contributed by atoms with Gasteiger partial charge in [0.05, 0.1) is 0 Å². The minimum Gasteiger partial charge on any atom is -0.359 e. The lowest BCUT2D eigenvalue weighted by Gasteiger charge is -2.03. The summed E-state index contributed by atoms with van der Waals surface area (Å²) in [4.78, 5) is 21.7. The molecule has 0 saturated heterocycles. The predicted octanol–water partition coefficient (Wildman–Crippen LogP) is 0.429. The van der Waals surface area contributed by atoms with E-state index in [2.05, 4.69) is 10.6 Å². The van der Waals surface area contributed by atoms with E-state index in [-0.39, 0.29) is 11.8 Å². The molecule has 0 radical (unpaired) electrons. The Balaban J connectivity index is 3.25. The Morgan fingerprint density at radius 2 is 1.85 bits per heavy atom. The van der Waals surface area contributed by atoms with Gasteiger partial charge in [0, 0.05) is 26.4 Å². The average molecular weight is 186 g/mol. The van der Waals surface area contributed by atoms with Crippen molar-refractivity contribution in [3.8, 4) is 0 Å². The first kappa shape index (κ1) is 11.9. The van der Waals surface area contributed by atoms with Crippen LogP contribution in [0.1, 0.15) is 32.6 Å². The number of hydrogen-bond donors (Lipinski definition) is 2. The molecule has 4 heteroatoms. The molecule has 2 N–H and O–H groups in total. The van der Waals surface area contributed by atoms with Crippen LogP contribution in [0.4, 0.5) is 0 Å². The van der Waals surface area contributed by atoms with Gasteiger partial charge < -0.3 is 10.6 Å². The zero-order valence-corrected chi connectivity index (χ0v) is 8.35. The second-order valence-electron chi connectivity index (χ2n) is 2.88. The zero-order chi connectivity index (χ0) is 10.1. The summed E-state index contributed by atoms with van der Waals surface area (Å²) in [7, 11) is 1.61. The number of carbonyl (C=O) groups excluding carboxylic acids is 2. The maximum atomic E-state index is 10.9. The van der Waals surface area contributed by atoms with Crippen LogP contribution in [0, 0.1) is 0 Å². The highest BCUT2D eigenvalue weighted by Gasteiger charge is 1.99. The highest BCUT2D eigenvalue weighted by atomic mass is 16.2. The smallest absolute Gasteiger partial charge is 0.219 e. The maximum absolute atomic E-state index is 10.9. The van der Waals surface area contributed by atoms with Gasteiger partial charge in [-0.25, -0.2) is 0 Å². The third kappa shape index (κ3) is 7.31. The molecule has 0 rings (SSSR count). The van der Waals surface area contributed by atoms with Gasteiger partial charge in [0.15, 0.2) is 0 Å². The summed E-state index contributed by atoms with van der Waals surface area (Å²) in [5.74, 6) is 0.0872. The summed E-state index contributed by atoms with van der Waals surface area (Å²) in [6.45, 7) is 2.55. The third-order valence-corrected chi connectivity index (χ3v) is 1.66. The van der Waals surface area contributed by atoms with Gasteiger partial charge in [-0.3, -0.25) is 9.59 Å². The molecule has 76 valence electrons. The third-order valence-electron chi connectivity index (χ3n) is 1.66. The Morgan fingerprint density at radius 1 is 1.15 bits per heavy atom. The molecule has 0 aliphatic rings. The highest BCUT2D eigenvalue weighted by molar-refractivity contribution is 5.76. The molecule has 2 amide bonds. The largest absolute Gasteiger partial charge is 0.359 e. The summed E-state index contributed by atoms with van der Waals surface area (Å²) in [6, 6.07) is 0. The minimum absolute atomic E-state index is 0.0183. The number of carbonyl (C=O) groups is 2. The van der Waals surface area contributed by atoms with Gasteiger partial charge in [0.1, 0.15) is 0 Å². The van der Waals surface area contributed by atoms with Crippen LogP contribution in [0.15, 0.2) is 0 Å². The molecule has 0 aliphatic heterocycles. The maximum Gasteiger partial charge on any atom is 0.219 e. The molecule has 0 spiro atoms. The topological polar surface area (TPSA) is 58.2 Å². The second kappa shape index (κ2) is 7.58. The minimum atomic E-state index is 0.0183. The first-order valence-electron chi connectivity index (χ1n) is 4.68. The van der Waals surface area contributed by atoms with E-state index in [0.717, 1.165) is 6.42 Å². The summed E-state index contributed by atoms with van der Waals surface area (Å²) in [6.07, 6.45) is 2.61. The van der Waals surface area contributed by atoms with Crippen LogP contribution in [0.5, 0.6) is 0 Å². The Kier molecular flexibility index (Phi) is 6.96. The summed E-state index contributed by atoms with van der Waals surface area (Å²) >= 11 is 0. The van der Waals surface area contributed by atoms with Gasteiger partial charge in [-0.1, -0.05) is 6.92 Å². The number of nitrogens with one attached hydrogen (secondary N) is 2. The van der Waals surface area contributed by atoms with Crippen LogP contribution in [-0.2, 0) is 9.59 Å². The van der Waals surface area contributed by atoms with E-state index in [9.17, 15) is 9.59 Å². The van der Waals surface area contributed by atoms with Crippen LogP contribution in [0.25, 0.3) is 0 Å². The lowest BCUT2D eigenvalue weighted by molar-refractivity contribution is -0.122. The van der Waals surface area contributed by atoms with Gasteiger partial charge >= 0.3 is 0 Å². The SMILES string of the molecule is CCCC(=O)NCCCC(=O)NC. The van der Waals surface area contributed by atoms with E-state index in [4.69, 9.17) is 0 Å². The molecule has 0 aliphatic carbocycles. The van der Waals surface area contributed by atoms with Gasteiger partial charge in [-0.15, -0.1) is 0 Å². The van der Waals surface area contributed by atoms with E-state index >= 15 is 0 Å². The molecule has 0 bridgehead atoms. The van der Waals surface area contributed by atoms with Gasteiger partial charge in [0.2, 0.25) is 11.8 Å². The van der Waals surface area contributed by atoms with Crippen LogP contribution < -0.4 is 10.6 Å². The number of hydrogen-bond acceptors (Lipinski definition) is 2. The van der Waals surface area contributed by atoms with Crippen LogP contribution in [0.2, 0.25) is 0 Å². The molecule has 0 fully saturated rings. The van der Waals surface area contributed by atoms with E-state index in [0.29, 0.717) is 25.8 Å². The van der Waals surface area contributed by atoms with Crippen molar-refractivity contribution in [2.75, 3.05) is 13.6 Å². The lowest BCUT2D eigenvalue weighted by Crippen LogP contribution is -2.25. The van der Waals surface area contributed by atoms with Crippen molar-refractivity contribution < 1.29 is 9.59 Å². The standard InChI is InChI=1S/C9H18N2O2/c1-3-5-9(13)11-7-4-6-8(12)10-2/h3-7H2,1-2H3,(H,10,12)(H,11,13). The average Bonchev–Trinajstić information content (AvgIpc) is 2.12. The molecule has 0 aromatic carbocycles. The molecule has 4 nitrogen and oxygen atoms in total. The normalized spacial score (nSPS) is 9.38. The summed E-state index contributed by atoms with van der Waals surface area (Å²) in [5.41, 5.74) is 0. The van der Waals surface area contributed by atoms with Crippen molar-refractivity contribution in [3.63, 3.8) is 0 Å². The summed E-state index contributed by atoms with van der Waals surface area (Å²) in [5, 5.41) is 5.27. The Hall–Kier alpha value is -1.06. The lowest BCUT2D eigenvalue weighted by atomic mass is 10.3. The zero-order valence-electron chi connectivity index (χ0n) is 8.35. The quantitative estimate of drug-likeness (QED) is 0.591. The first-order valence-corrected chi connectivity index (χ1v) is 4.68. The van der Waals surface area contributed by atoms with Gasteiger partial charge in [-0.05, 0) is 12.8 Å². The van der Waals surface area contributed by atoms with Crippen LogP contribution >= 0.6 is 0 Å². The molecule has 0 heterocycles. The Labute approximate surface area is 79.1 Å². The van der Waals surface area contributed by atoms with Crippen molar-refractivity contribution in [3.05, 3.63) is 0 Å². The number of amides is 2. The van der Waals surface area contributed by atoms with E-state index < -0.39 is 0 Å². The first-order chi connectivity index (χ1) is 6.20. The van der Waals surface area contributed by atoms with Crippen molar-refractivity contribution in [1.82, 2.24) is 10.6 Å². The fraction of sp³-hybridized carbons (Fsp3) is 0.778. The molecule has 0 saturated carbocycles. The molecular formula is C9H18N2O2. The fourth-order valence-electron chi connectivity index (χ4n) is 0.917. The van der Waals surface area contributed by atoms with Crippen molar-refractivity contribution in [1.29, 1.82) is 0 Å². The Bertz CT molecular complexity index is 169. The molecule has 0 aromatic rings. The van der Waals surface area contributed by atoms with Crippen LogP contribution in [0.3, 0.4) is 0 Å². The van der Waals surface area contributed by atoms with Crippen molar-refractivity contribution >= 4 is 11.8 Å². The van der Waals surface area contributed by atoms with Gasteiger partial charge in [-0.2, -0.15) is 0 Å². The van der Waals surface area contributed by atoms with E-state index in [1.54, 1.807) is 7.05 Å². The highest BCUT2D eigenvalue weighted by Crippen LogP contribution is 1.89. The fourth-order valence-corrected chi connectivity index (χ4v) is 0.917. The Morgan fingerprint density at radius 3 is 2.38 bits per heavy atom. The van der Waals surface area contributed by atoms with Crippen LogP contribution in [-0.4, -0.2) is 25.4 Å². The second-order valence-corrected chi connectivity index (χ2v) is 2.88. The van der Waals surface area contributed by atoms with Gasteiger partial charge in [0.25, 0.3) is 0 Å². The van der Waals surface area contributed by atoms with E-state index in [1.807, 2.05) is 6.92 Å². The van der Waals surface area contributed by atoms with E-state index in [1.165, 1.54) is 0 Å². The molecule has 13 heavy (non-hydrogen) atoms. The molecule has 0 aromatic heterocycles. The molecule has 0 atom stereocenters. The van der Waals surface area contributed by atoms with Crippen molar-refractivity contribution in [2.24, 2.45) is 0 Å². The number of rotatable bonds is 6. The molecule has 0 unspecified atom stereocenters. The monoisotopic (exact) mass is 186 g/mol. The summed E-state index contributed by atoms with van der Waals surface area (Å²) < 4.78 is 0. The molecular weight excluding hydrogens is 168 g/mol. The van der Waals surface area contributed by atoms with Crippen molar-refractivity contribution in [2.45, 2.75) is 32.6 Å². The predicted molar refractivity (Wildman–Crippen MR) is 51.2 cm³/mol.